The molecule has 76 valence electrons. The number of nitrogens with one attached hydrogen (secondary N) is 1. The molecule has 0 saturated carbocycles. The average Bonchev–Trinajstić information content (AvgIpc) is 2.03. The standard InChI is InChI=1S/C9H19N3O/c1-6(9(11)12)4-3-5-8(10)7(2)13/h6,8H,3-5,10H2,1-2H3,(H3,11,12)/t6?,8-/m0/s1. The number of carbonyl (C=O) groups excluding carboxylic acids is 1. The molecule has 0 spiro atoms. The number of Topliss-reactive ketones (excluding diaryl/α,β-unsaturated/α-hetero) is 1. The van der Waals surface area contributed by atoms with Crippen molar-refractivity contribution < 1.29 is 4.79 Å². The molecule has 4 heteroatoms. The number of hydrogen-bond acceptors (Lipinski definition) is 3. The van der Waals surface area contributed by atoms with Crippen molar-refractivity contribution in [2.45, 2.75) is 39.2 Å². The van der Waals surface area contributed by atoms with Crippen LogP contribution in [0.15, 0.2) is 0 Å². The Balaban J connectivity index is 3.56. The van der Waals surface area contributed by atoms with Crippen molar-refractivity contribution in [2.24, 2.45) is 17.4 Å². The molecule has 2 atom stereocenters. The number of nitrogens with two attached hydrogens (primary N) is 2. The molecule has 0 rings (SSSR count). The molecule has 4 nitrogen and oxygen atoms in total. The molecular formula is C9H19N3O. The van der Waals surface area contributed by atoms with Crippen LogP contribution in [0.1, 0.15) is 33.1 Å². The average molecular weight is 185 g/mol. The smallest absolute Gasteiger partial charge is 0.146 e. The molecule has 13 heavy (non-hydrogen) atoms. The molecule has 0 heterocycles. The van der Waals surface area contributed by atoms with E-state index in [0.29, 0.717) is 6.42 Å². The van der Waals surface area contributed by atoms with Crippen LogP contribution >= 0.6 is 0 Å². The molecule has 0 aliphatic rings. The van der Waals surface area contributed by atoms with Gasteiger partial charge in [0.1, 0.15) is 5.78 Å². The van der Waals surface area contributed by atoms with Gasteiger partial charge in [0.2, 0.25) is 0 Å². The van der Waals surface area contributed by atoms with Crippen molar-refractivity contribution in [3.63, 3.8) is 0 Å². The largest absolute Gasteiger partial charge is 0.387 e. The number of hydrogen-bond donors (Lipinski definition) is 3. The first kappa shape index (κ1) is 12.1. The van der Waals surface area contributed by atoms with Crippen molar-refractivity contribution in [2.75, 3.05) is 0 Å². The highest BCUT2D eigenvalue weighted by Crippen LogP contribution is 2.08. The van der Waals surface area contributed by atoms with Gasteiger partial charge in [-0.1, -0.05) is 13.3 Å². The van der Waals surface area contributed by atoms with E-state index in [4.69, 9.17) is 16.9 Å². The summed E-state index contributed by atoms with van der Waals surface area (Å²) >= 11 is 0. The predicted octanol–water partition coefficient (Wildman–Crippen LogP) is 0.645. The van der Waals surface area contributed by atoms with Gasteiger partial charge in [-0.05, 0) is 19.8 Å². The Kier molecular flexibility index (Phi) is 5.30. The SMILES string of the molecule is CC(=O)[C@@H](N)CCCC(C)C(=N)N. The van der Waals surface area contributed by atoms with E-state index in [-0.39, 0.29) is 23.6 Å². The highest BCUT2D eigenvalue weighted by molar-refractivity contribution is 5.81. The van der Waals surface area contributed by atoms with Crippen LogP contribution in [0.3, 0.4) is 0 Å². The molecule has 5 N–H and O–H groups in total. The summed E-state index contributed by atoms with van der Waals surface area (Å²) in [7, 11) is 0. The minimum atomic E-state index is -0.348. The summed E-state index contributed by atoms with van der Waals surface area (Å²) in [5, 5.41) is 7.15. The molecule has 0 saturated heterocycles. The first-order valence-corrected chi connectivity index (χ1v) is 4.55. The molecule has 0 aromatic heterocycles. The topological polar surface area (TPSA) is 93.0 Å². The minimum absolute atomic E-state index is 0.0236. The van der Waals surface area contributed by atoms with Gasteiger partial charge < -0.3 is 11.5 Å². The van der Waals surface area contributed by atoms with Crippen molar-refractivity contribution in [1.82, 2.24) is 0 Å². The van der Waals surface area contributed by atoms with Gasteiger partial charge in [-0.3, -0.25) is 10.2 Å². The van der Waals surface area contributed by atoms with Crippen molar-refractivity contribution in [3.8, 4) is 0 Å². The lowest BCUT2D eigenvalue weighted by Gasteiger charge is -2.11. The van der Waals surface area contributed by atoms with E-state index in [9.17, 15) is 4.79 Å². The van der Waals surface area contributed by atoms with Crippen molar-refractivity contribution in [3.05, 3.63) is 0 Å². The van der Waals surface area contributed by atoms with Crippen LogP contribution in [0.25, 0.3) is 0 Å². The van der Waals surface area contributed by atoms with Crippen molar-refractivity contribution >= 4 is 11.6 Å². The summed E-state index contributed by atoms with van der Waals surface area (Å²) in [5.74, 6) is 0.325. The van der Waals surface area contributed by atoms with E-state index in [1.165, 1.54) is 6.92 Å². The summed E-state index contributed by atoms with van der Waals surface area (Å²) in [6.45, 7) is 3.40. The van der Waals surface area contributed by atoms with Crippen LogP contribution in [-0.4, -0.2) is 17.7 Å². The van der Waals surface area contributed by atoms with E-state index < -0.39 is 0 Å². The van der Waals surface area contributed by atoms with E-state index in [0.717, 1.165) is 12.8 Å². The lowest BCUT2D eigenvalue weighted by Crippen LogP contribution is -2.28. The molecule has 0 aliphatic heterocycles. The van der Waals surface area contributed by atoms with Gasteiger partial charge in [0.15, 0.2) is 0 Å². The second-order valence-electron chi connectivity index (χ2n) is 3.50. The first-order chi connectivity index (χ1) is 5.95. The third kappa shape index (κ3) is 5.36. The van der Waals surface area contributed by atoms with Crippen LogP contribution in [0.5, 0.6) is 0 Å². The molecular weight excluding hydrogens is 166 g/mol. The van der Waals surface area contributed by atoms with Crippen molar-refractivity contribution in [1.29, 1.82) is 5.41 Å². The van der Waals surface area contributed by atoms with Gasteiger partial charge in [0.05, 0.1) is 11.9 Å². The summed E-state index contributed by atoms with van der Waals surface area (Å²) in [6.07, 6.45) is 2.37. The molecule has 0 aliphatic carbocycles. The Hall–Kier alpha value is -0.900. The highest BCUT2D eigenvalue weighted by atomic mass is 16.1. The fourth-order valence-corrected chi connectivity index (χ4v) is 1.00. The quantitative estimate of drug-likeness (QED) is 0.419. The van der Waals surface area contributed by atoms with Crippen LogP contribution in [-0.2, 0) is 4.79 Å². The fraction of sp³-hybridized carbons (Fsp3) is 0.778. The number of amidine groups is 1. The normalized spacial score (nSPS) is 15.0. The van der Waals surface area contributed by atoms with Crippen LogP contribution in [0.4, 0.5) is 0 Å². The second kappa shape index (κ2) is 5.70. The van der Waals surface area contributed by atoms with Gasteiger partial charge in [-0.25, -0.2) is 0 Å². The molecule has 1 unspecified atom stereocenters. The third-order valence-corrected chi connectivity index (χ3v) is 2.21. The summed E-state index contributed by atoms with van der Waals surface area (Å²) in [4.78, 5) is 10.8. The Morgan fingerprint density at radius 2 is 2.00 bits per heavy atom. The molecule has 0 fully saturated rings. The maximum atomic E-state index is 10.8. The van der Waals surface area contributed by atoms with Gasteiger partial charge >= 0.3 is 0 Å². The number of ketones is 1. The van der Waals surface area contributed by atoms with Gasteiger partial charge in [-0.15, -0.1) is 0 Å². The van der Waals surface area contributed by atoms with E-state index in [1.807, 2.05) is 6.92 Å². The lowest BCUT2D eigenvalue weighted by molar-refractivity contribution is -0.118. The van der Waals surface area contributed by atoms with Gasteiger partial charge in [-0.2, -0.15) is 0 Å². The molecule has 0 radical (unpaired) electrons. The van der Waals surface area contributed by atoms with Gasteiger partial charge in [0, 0.05) is 5.92 Å². The van der Waals surface area contributed by atoms with E-state index in [1.54, 1.807) is 0 Å². The van der Waals surface area contributed by atoms with Crippen LogP contribution in [0.2, 0.25) is 0 Å². The Labute approximate surface area is 79.2 Å². The summed E-state index contributed by atoms with van der Waals surface area (Å²) in [5.41, 5.74) is 10.8. The predicted molar refractivity (Wildman–Crippen MR) is 53.6 cm³/mol. The third-order valence-electron chi connectivity index (χ3n) is 2.21. The Bertz CT molecular complexity index is 171. The highest BCUT2D eigenvalue weighted by Gasteiger charge is 2.09. The van der Waals surface area contributed by atoms with E-state index in [2.05, 4.69) is 0 Å². The number of carbonyl (C=O) groups is 1. The lowest BCUT2D eigenvalue weighted by atomic mass is 10.00. The Morgan fingerprint density at radius 3 is 2.38 bits per heavy atom. The summed E-state index contributed by atoms with van der Waals surface area (Å²) < 4.78 is 0. The molecule has 0 amide bonds. The van der Waals surface area contributed by atoms with Crippen LogP contribution in [0, 0.1) is 11.3 Å². The maximum Gasteiger partial charge on any atom is 0.146 e. The zero-order valence-corrected chi connectivity index (χ0v) is 8.34. The zero-order chi connectivity index (χ0) is 10.4. The maximum absolute atomic E-state index is 10.8. The van der Waals surface area contributed by atoms with Crippen LogP contribution < -0.4 is 11.5 Å². The fourth-order valence-electron chi connectivity index (χ4n) is 1.00. The summed E-state index contributed by atoms with van der Waals surface area (Å²) in [6, 6.07) is -0.348. The van der Waals surface area contributed by atoms with E-state index >= 15 is 0 Å². The minimum Gasteiger partial charge on any atom is -0.387 e. The second-order valence-corrected chi connectivity index (χ2v) is 3.50. The first-order valence-electron chi connectivity index (χ1n) is 4.55. The van der Waals surface area contributed by atoms with Gasteiger partial charge in [0.25, 0.3) is 0 Å². The molecule has 0 aromatic carbocycles. The Morgan fingerprint density at radius 1 is 1.46 bits per heavy atom. The monoisotopic (exact) mass is 185 g/mol. The number of rotatable bonds is 6. The molecule has 0 bridgehead atoms. The zero-order valence-electron chi connectivity index (χ0n) is 8.34. The molecule has 0 aromatic rings.